The summed E-state index contributed by atoms with van der Waals surface area (Å²) in [6, 6.07) is 0.140. The quantitative estimate of drug-likeness (QED) is 0.760. The van der Waals surface area contributed by atoms with Gasteiger partial charge in [0.05, 0.1) is 11.9 Å². The SMILES string of the molecule is CN(C)c1nc2c(c(N3CC[C@@H]4C[C@H](N(C)S(C)(=O)=O)C[C@@H]4C3)n1)CCCC2. The van der Waals surface area contributed by atoms with Gasteiger partial charge in [0.2, 0.25) is 16.0 Å². The molecule has 4 rings (SSSR count). The molecule has 3 atom stereocenters. The first-order chi connectivity index (χ1) is 13.2. The molecule has 1 aromatic rings. The maximum absolute atomic E-state index is 12.0. The summed E-state index contributed by atoms with van der Waals surface area (Å²) in [6.07, 6.45) is 8.93. The van der Waals surface area contributed by atoms with E-state index in [9.17, 15) is 8.42 Å². The summed E-state index contributed by atoms with van der Waals surface area (Å²) in [4.78, 5) is 14.2. The van der Waals surface area contributed by atoms with Crippen molar-refractivity contribution in [1.29, 1.82) is 0 Å². The van der Waals surface area contributed by atoms with Gasteiger partial charge in [0.15, 0.2) is 0 Å². The van der Waals surface area contributed by atoms with Crippen molar-refractivity contribution in [3.8, 4) is 0 Å². The number of anilines is 2. The Morgan fingerprint density at radius 1 is 1.04 bits per heavy atom. The van der Waals surface area contributed by atoms with E-state index in [1.54, 1.807) is 11.4 Å². The van der Waals surface area contributed by atoms with Crippen molar-refractivity contribution in [2.75, 3.05) is 50.3 Å². The second kappa shape index (κ2) is 7.44. The topological polar surface area (TPSA) is 69.6 Å². The highest BCUT2D eigenvalue weighted by molar-refractivity contribution is 7.88. The van der Waals surface area contributed by atoms with Crippen LogP contribution >= 0.6 is 0 Å². The summed E-state index contributed by atoms with van der Waals surface area (Å²) in [7, 11) is 2.61. The van der Waals surface area contributed by atoms with Gasteiger partial charge in [-0.15, -0.1) is 0 Å². The lowest BCUT2D eigenvalue weighted by molar-refractivity contribution is 0.322. The molecule has 1 aromatic heterocycles. The number of fused-ring (bicyclic) bond motifs is 2. The second-order valence-corrected chi connectivity index (χ2v) is 11.1. The molecule has 0 aromatic carbocycles. The lowest BCUT2D eigenvalue weighted by Gasteiger charge is -2.37. The Bertz CT molecular complexity index is 841. The van der Waals surface area contributed by atoms with E-state index in [4.69, 9.17) is 9.97 Å². The van der Waals surface area contributed by atoms with Crippen LogP contribution < -0.4 is 9.80 Å². The zero-order valence-electron chi connectivity index (χ0n) is 17.6. The van der Waals surface area contributed by atoms with E-state index in [2.05, 4.69) is 4.90 Å². The van der Waals surface area contributed by atoms with Gasteiger partial charge in [-0.2, -0.15) is 4.98 Å². The fourth-order valence-corrected chi connectivity index (χ4v) is 5.95. The average Bonchev–Trinajstić information content (AvgIpc) is 3.08. The van der Waals surface area contributed by atoms with Crippen LogP contribution in [0.4, 0.5) is 11.8 Å². The average molecular weight is 408 g/mol. The molecule has 0 spiro atoms. The molecule has 156 valence electrons. The van der Waals surface area contributed by atoms with E-state index in [0.29, 0.717) is 11.8 Å². The van der Waals surface area contributed by atoms with Crippen LogP contribution in [0, 0.1) is 11.8 Å². The van der Waals surface area contributed by atoms with E-state index in [1.807, 2.05) is 19.0 Å². The maximum Gasteiger partial charge on any atom is 0.227 e. The molecule has 0 bridgehead atoms. The van der Waals surface area contributed by atoms with Crippen molar-refractivity contribution in [3.63, 3.8) is 0 Å². The van der Waals surface area contributed by atoms with Gasteiger partial charge in [-0.1, -0.05) is 0 Å². The van der Waals surface area contributed by atoms with E-state index >= 15 is 0 Å². The number of aromatic nitrogens is 2. The van der Waals surface area contributed by atoms with Gasteiger partial charge >= 0.3 is 0 Å². The highest BCUT2D eigenvalue weighted by Gasteiger charge is 2.42. The Labute approximate surface area is 169 Å². The van der Waals surface area contributed by atoms with Gasteiger partial charge in [-0.3, -0.25) is 0 Å². The molecule has 0 radical (unpaired) electrons. The minimum atomic E-state index is -3.13. The van der Waals surface area contributed by atoms with Gasteiger partial charge in [0, 0.05) is 45.8 Å². The Morgan fingerprint density at radius 2 is 1.75 bits per heavy atom. The molecular formula is C20H33N5O2S. The molecule has 0 N–H and O–H groups in total. The standard InChI is InChI=1S/C20H33N5O2S/c1-23(2)20-21-18-8-6-5-7-17(18)19(22-20)25-10-9-14-11-16(12-15(14)13-25)24(3)28(4,26)27/h14-16H,5-13H2,1-4H3/t14-,15-,16+/m1/s1. The van der Waals surface area contributed by atoms with Gasteiger partial charge in [0.25, 0.3) is 0 Å². The van der Waals surface area contributed by atoms with Crippen LogP contribution in [-0.4, -0.2) is 69.2 Å². The minimum Gasteiger partial charge on any atom is -0.356 e. The Morgan fingerprint density at radius 3 is 2.46 bits per heavy atom. The highest BCUT2D eigenvalue weighted by Crippen LogP contribution is 2.42. The first-order valence-electron chi connectivity index (χ1n) is 10.5. The van der Waals surface area contributed by atoms with Crippen LogP contribution in [0.15, 0.2) is 0 Å². The van der Waals surface area contributed by atoms with Gasteiger partial charge in [-0.05, 0) is 56.8 Å². The fraction of sp³-hybridized carbons (Fsp3) is 0.800. The maximum atomic E-state index is 12.0. The molecule has 2 heterocycles. The number of hydrogen-bond donors (Lipinski definition) is 0. The van der Waals surface area contributed by atoms with Crippen LogP contribution in [0.5, 0.6) is 0 Å². The van der Waals surface area contributed by atoms with E-state index in [-0.39, 0.29) is 6.04 Å². The number of hydrogen-bond acceptors (Lipinski definition) is 6. The molecule has 1 saturated carbocycles. The normalized spacial score (nSPS) is 27.6. The number of sulfonamides is 1. The summed E-state index contributed by atoms with van der Waals surface area (Å²) in [5.41, 5.74) is 2.57. The van der Waals surface area contributed by atoms with Gasteiger partial charge < -0.3 is 9.80 Å². The molecule has 1 aliphatic heterocycles. The third-order valence-electron chi connectivity index (χ3n) is 6.93. The molecule has 2 aliphatic carbocycles. The zero-order valence-corrected chi connectivity index (χ0v) is 18.4. The Hall–Kier alpha value is -1.41. The number of rotatable bonds is 4. The number of aryl methyl sites for hydroxylation is 1. The van der Waals surface area contributed by atoms with Crippen molar-refractivity contribution in [3.05, 3.63) is 11.3 Å². The van der Waals surface area contributed by atoms with E-state index in [0.717, 1.165) is 57.0 Å². The van der Waals surface area contributed by atoms with Crippen molar-refractivity contribution >= 4 is 21.8 Å². The van der Waals surface area contributed by atoms with Crippen molar-refractivity contribution in [2.24, 2.45) is 11.8 Å². The largest absolute Gasteiger partial charge is 0.356 e. The molecule has 7 nitrogen and oxygen atoms in total. The van der Waals surface area contributed by atoms with Crippen molar-refractivity contribution < 1.29 is 8.42 Å². The fourth-order valence-electron chi connectivity index (χ4n) is 5.24. The molecule has 1 saturated heterocycles. The lowest BCUT2D eigenvalue weighted by atomic mass is 9.88. The zero-order chi connectivity index (χ0) is 20.1. The third-order valence-corrected chi connectivity index (χ3v) is 8.27. The van der Waals surface area contributed by atoms with E-state index < -0.39 is 10.0 Å². The van der Waals surface area contributed by atoms with Crippen molar-refractivity contribution in [2.45, 2.75) is 51.0 Å². The summed E-state index contributed by atoms with van der Waals surface area (Å²) in [6.45, 7) is 1.99. The summed E-state index contributed by atoms with van der Waals surface area (Å²) in [5.74, 6) is 3.10. The van der Waals surface area contributed by atoms with Gasteiger partial charge in [-0.25, -0.2) is 17.7 Å². The van der Waals surface area contributed by atoms with Crippen LogP contribution in [0.1, 0.15) is 43.4 Å². The molecular weight excluding hydrogens is 374 g/mol. The van der Waals surface area contributed by atoms with Crippen LogP contribution in [-0.2, 0) is 22.9 Å². The third kappa shape index (κ3) is 3.73. The molecule has 0 amide bonds. The predicted molar refractivity (Wildman–Crippen MR) is 112 cm³/mol. The first kappa shape index (κ1) is 19.9. The second-order valence-electron chi connectivity index (χ2n) is 9.03. The lowest BCUT2D eigenvalue weighted by Crippen LogP contribution is -2.40. The molecule has 0 unspecified atom stereocenters. The summed E-state index contributed by atoms with van der Waals surface area (Å²) >= 11 is 0. The minimum absolute atomic E-state index is 0.140. The van der Waals surface area contributed by atoms with Gasteiger partial charge in [0.1, 0.15) is 5.82 Å². The summed E-state index contributed by atoms with van der Waals surface area (Å²) in [5, 5.41) is 0. The predicted octanol–water partition coefficient (Wildman–Crippen LogP) is 1.92. The molecule has 2 fully saturated rings. The summed E-state index contributed by atoms with van der Waals surface area (Å²) < 4.78 is 25.5. The van der Waals surface area contributed by atoms with Crippen molar-refractivity contribution in [1.82, 2.24) is 14.3 Å². The number of nitrogens with zero attached hydrogens (tertiary/aromatic N) is 5. The highest BCUT2D eigenvalue weighted by atomic mass is 32.2. The van der Waals surface area contributed by atoms with Crippen LogP contribution in [0.25, 0.3) is 0 Å². The number of piperidine rings is 1. The smallest absolute Gasteiger partial charge is 0.227 e. The molecule has 3 aliphatic rings. The Balaban J connectivity index is 1.57. The monoisotopic (exact) mass is 407 g/mol. The molecule has 8 heteroatoms. The Kier molecular flexibility index (Phi) is 5.29. The van der Waals surface area contributed by atoms with Crippen LogP contribution in [0.3, 0.4) is 0 Å². The molecule has 28 heavy (non-hydrogen) atoms. The first-order valence-corrected chi connectivity index (χ1v) is 12.3. The van der Waals surface area contributed by atoms with E-state index in [1.165, 1.54) is 30.4 Å². The van der Waals surface area contributed by atoms with Crippen LogP contribution in [0.2, 0.25) is 0 Å².